The molecule has 9 heteroatoms. The summed E-state index contributed by atoms with van der Waals surface area (Å²) in [5, 5.41) is 11.6. The predicted molar refractivity (Wildman–Crippen MR) is 157 cm³/mol. The normalized spacial score (nSPS) is 15.6. The second-order valence-corrected chi connectivity index (χ2v) is 9.80. The smallest absolute Gasteiger partial charge is 0.283 e. The molecule has 0 saturated heterocycles. The lowest BCUT2D eigenvalue weighted by molar-refractivity contribution is -0.114. The fourth-order valence-electron chi connectivity index (χ4n) is 4.10. The molecule has 0 aromatic heterocycles. The van der Waals surface area contributed by atoms with Crippen LogP contribution in [-0.4, -0.2) is 41.6 Å². The number of nitrogens with one attached hydrogen (secondary N) is 1. The van der Waals surface area contributed by atoms with E-state index >= 15 is 0 Å². The van der Waals surface area contributed by atoms with Crippen molar-refractivity contribution in [3.63, 3.8) is 0 Å². The minimum absolute atomic E-state index is 0.0536. The van der Waals surface area contributed by atoms with Crippen LogP contribution in [0.1, 0.15) is 24.5 Å². The molecule has 0 unspecified atom stereocenters. The molecule has 3 aromatic carbocycles. The Kier molecular flexibility index (Phi) is 8.34. The molecule has 0 spiro atoms. The van der Waals surface area contributed by atoms with E-state index in [1.165, 1.54) is 11.8 Å². The number of benzene rings is 3. The molecule has 3 aromatic rings. The number of para-hydroxylation sites is 1. The van der Waals surface area contributed by atoms with Gasteiger partial charge in [-0.15, -0.1) is 0 Å². The number of carbonyl (C=O) groups is 1. The summed E-state index contributed by atoms with van der Waals surface area (Å²) in [5.41, 5.74) is 2.50. The van der Waals surface area contributed by atoms with Crippen LogP contribution in [0.5, 0.6) is 17.2 Å². The first-order chi connectivity index (χ1) is 19.0. The van der Waals surface area contributed by atoms with Crippen molar-refractivity contribution < 1.29 is 19.0 Å². The minimum Gasteiger partial charge on any atom is -0.493 e. The van der Waals surface area contributed by atoms with Crippen molar-refractivity contribution in [3.05, 3.63) is 99.9 Å². The molecule has 0 aliphatic carbocycles. The number of amides is 1. The Morgan fingerprint density at radius 3 is 2.46 bits per heavy atom. The van der Waals surface area contributed by atoms with Gasteiger partial charge >= 0.3 is 0 Å². The van der Waals surface area contributed by atoms with Gasteiger partial charge in [0.15, 0.2) is 16.7 Å². The number of carbonyl (C=O) groups excluding carboxylic acids is 1. The van der Waals surface area contributed by atoms with E-state index < -0.39 is 5.91 Å². The zero-order valence-electron chi connectivity index (χ0n) is 21.2. The number of halogens is 1. The summed E-state index contributed by atoms with van der Waals surface area (Å²) in [5.74, 6) is 1.27. The zero-order valence-corrected chi connectivity index (χ0v) is 22.8. The topological polar surface area (TPSA) is 84.2 Å². The Hall–Kier alpha value is -4.01. The number of ether oxygens (including phenoxy) is 3. The highest BCUT2D eigenvalue weighted by molar-refractivity contribution is 8.17. The number of nitrogens with zero attached hydrogens (tertiary/aromatic N) is 2. The Morgan fingerprint density at radius 1 is 1.00 bits per heavy atom. The lowest BCUT2D eigenvalue weighted by Crippen LogP contribution is -2.38. The summed E-state index contributed by atoms with van der Waals surface area (Å²) in [7, 11) is 0. The average molecular weight is 560 g/mol. The van der Waals surface area contributed by atoms with Crippen LogP contribution in [0.3, 0.4) is 0 Å². The lowest BCUT2D eigenvalue weighted by atomic mass is 10.1. The van der Waals surface area contributed by atoms with Gasteiger partial charge in [-0.25, -0.2) is 0 Å². The van der Waals surface area contributed by atoms with Gasteiger partial charge in [0.1, 0.15) is 11.6 Å². The van der Waals surface area contributed by atoms with Gasteiger partial charge in [-0.2, -0.15) is 4.99 Å². The molecule has 0 bridgehead atoms. The van der Waals surface area contributed by atoms with Crippen molar-refractivity contribution in [3.8, 4) is 17.2 Å². The molecule has 2 aliphatic rings. The fourth-order valence-corrected chi connectivity index (χ4v) is 5.26. The molecule has 198 valence electrons. The summed E-state index contributed by atoms with van der Waals surface area (Å²) in [6.07, 6.45) is 2.27. The van der Waals surface area contributed by atoms with Crippen LogP contribution >= 0.6 is 23.4 Å². The number of hydrogen-bond donors (Lipinski definition) is 1. The number of fused-ring (bicyclic) bond motifs is 1. The van der Waals surface area contributed by atoms with E-state index in [2.05, 4.69) is 4.99 Å². The zero-order chi connectivity index (χ0) is 27.2. The van der Waals surface area contributed by atoms with Crippen molar-refractivity contribution in [2.45, 2.75) is 13.3 Å². The van der Waals surface area contributed by atoms with Crippen molar-refractivity contribution in [1.82, 2.24) is 4.90 Å². The highest BCUT2D eigenvalue weighted by Crippen LogP contribution is 2.40. The quantitative estimate of drug-likeness (QED) is 0.215. The number of rotatable bonds is 10. The van der Waals surface area contributed by atoms with Crippen LogP contribution in [0.4, 0.5) is 0 Å². The van der Waals surface area contributed by atoms with E-state index in [9.17, 15) is 4.79 Å². The fraction of sp³-hybridized carbons (Fsp3) is 0.167. The molecular weight excluding hydrogens is 534 g/mol. The molecule has 0 saturated carbocycles. The van der Waals surface area contributed by atoms with Crippen LogP contribution < -0.4 is 14.2 Å². The molecule has 5 rings (SSSR count). The highest BCUT2D eigenvalue weighted by Gasteiger charge is 2.36. The first-order valence-electron chi connectivity index (χ1n) is 12.5. The highest BCUT2D eigenvalue weighted by atomic mass is 35.5. The van der Waals surface area contributed by atoms with Crippen LogP contribution in [0, 0.1) is 5.41 Å². The monoisotopic (exact) mass is 559 g/mol. The summed E-state index contributed by atoms with van der Waals surface area (Å²) >= 11 is 7.93. The van der Waals surface area contributed by atoms with Gasteiger partial charge in [0.25, 0.3) is 5.91 Å². The SMILES string of the molecule is CCOc1cc(/C=C2/C(=N)N3C(c4ccccc4)=CSC3=NC2=O)cc(Cl)c1OCCCOc1ccccc1. The average Bonchev–Trinajstić information content (AvgIpc) is 3.37. The maximum absolute atomic E-state index is 12.9. The van der Waals surface area contributed by atoms with E-state index in [-0.39, 0.29) is 11.4 Å². The van der Waals surface area contributed by atoms with Crippen LogP contribution in [-0.2, 0) is 4.79 Å². The van der Waals surface area contributed by atoms with Gasteiger partial charge in [-0.1, -0.05) is 71.9 Å². The molecule has 2 aliphatic heterocycles. The van der Waals surface area contributed by atoms with E-state index in [0.29, 0.717) is 53.5 Å². The van der Waals surface area contributed by atoms with Crippen molar-refractivity contribution in [2.75, 3.05) is 19.8 Å². The summed E-state index contributed by atoms with van der Waals surface area (Å²) in [6.45, 7) is 3.16. The van der Waals surface area contributed by atoms with Gasteiger partial charge < -0.3 is 14.2 Å². The van der Waals surface area contributed by atoms with E-state index in [4.69, 9.17) is 31.2 Å². The van der Waals surface area contributed by atoms with E-state index in [1.807, 2.05) is 73.0 Å². The van der Waals surface area contributed by atoms with E-state index in [0.717, 1.165) is 17.0 Å². The van der Waals surface area contributed by atoms with Gasteiger partial charge in [0.2, 0.25) is 0 Å². The van der Waals surface area contributed by atoms with Crippen LogP contribution in [0.25, 0.3) is 11.8 Å². The number of thioether (sulfide) groups is 1. The first kappa shape index (κ1) is 26.6. The summed E-state index contributed by atoms with van der Waals surface area (Å²) < 4.78 is 17.5. The third-order valence-electron chi connectivity index (χ3n) is 5.87. The van der Waals surface area contributed by atoms with Gasteiger partial charge in [0.05, 0.1) is 36.1 Å². The molecule has 0 radical (unpaired) electrons. The van der Waals surface area contributed by atoms with Gasteiger partial charge in [0, 0.05) is 11.8 Å². The standard InChI is InChI=1S/C30H26ClN3O4S/c1-2-36-26-18-20(17-24(31)27(26)38-15-9-14-37-22-12-7-4-8-13-22)16-23-28(32)34-25(21-10-5-3-6-11-21)19-39-30(34)33-29(23)35/h3-8,10-13,16-19,32H,2,9,14-15H2,1H3/b23-16-,32-28?. The molecule has 1 N–H and O–H groups in total. The number of aliphatic imine (C=N–C) groups is 1. The lowest BCUT2D eigenvalue weighted by Gasteiger charge is -2.27. The van der Waals surface area contributed by atoms with Gasteiger partial charge in [-0.05, 0) is 48.4 Å². The largest absolute Gasteiger partial charge is 0.493 e. The van der Waals surface area contributed by atoms with Crippen LogP contribution in [0.15, 0.2) is 88.8 Å². The maximum Gasteiger partial charge on any atom is 0.283 e. The predicted octanol–water partition coefficient (Wildman–Crippen LogP) is 6.89. The maximum atomic E-state index is 12.9. The summed E-state index contributed by atoms with van der Waals surface area (Å²) in [6, 6.07) is 22.8. The Bertz CT molecular complexity index is 1470. The van der Waals surface area contributed by atoms with E-state index in [1.54, 1.807) is 23.1 Å². The second-order valence-electron chi connectivity index (χ2n) is 8.56. The van der Waals surface area contributed by atoms with Gasteiger partial charge in [-0.3, -0.25) is 15.1 Å². The number of amidine groups is 2. The third kappa shape index (κ3) is 6.02. The van der Waals surface area contributed by atoms with Crippen molar-refractivity contribution in [2.24, 2.45) is 4.99 Å². The third-order valence-corrected chi connectivity index (χ3v) is 6.98. The molecule has 1 amide bonds. The molecule has 39 heavy (non-hydrogen) atoms. The molecule has 2 heterocycles. The number of hydrogen-bond acceptors (Lipinski definition) is 6. The molecule has 7 nitrogen and oxygen atoms in total. The van der Waals surface area contributed by atoms with Crippen molar-refractivity contribution in [1.29, 1.82) is 5.41 Å². The molecule has 0 fully saturated rings. The molecule has 0 atom stereocenters. The minimum atomic E-state index is -0.478. The Balaban J connectivity index is 1.33. The Morgan fingerprint density at radius 2 is 1.72 bits per heavy atom. The molecular formula is C30H26ClN3O4S. The second kappa shape index (κ2) is 12.2. The van der Waals surface area contributed by atoms with Crippen molar-refractivity contribution >= 4 is 52.0 Å². The Labute approximate surface area is 236 Å². The summed E-state index contributed by atoms with van der Waals surface area (Å²) in [4.78, 5) is 18.8. The van der Waals surface area contributed by atoms with Crippen LogP contribution in [0.2, 0.25) is 5.02 Å². The first-order valence-corrected chi connectivity index (χ1v) is 13.7.